The summed E-state index contributed by atoms with van der Waals surface area (Å²) >= 11 is 0. The maximum Gasteiger partial charge on any atom is 0.293 e. The first-order valence-corrected chi connectivity index (χ1v) is 8.01. The van der Waals surface area contributed by atoms with Gasteiger partial charge in [0, 0.05) is 37.8 Å². The van der Waals surface area contributed by atoms with Crippen LogP contribution < -0.4 is 16.0 Å². The van der Waals surface area contributed by atoms with Crippen molar-refractivity contribution in [2.75, 3.05) is 24.2 Å². The van der Waals surface area contributed by atoms with Gasteiger partial charge in [-0.25, -0.2) is 0 Å². The van der Waals surface area contributed by atoms with E-state index in [1.54, 1.807) is 12.1 Å². The van der Waals surface area contributed by atoms with Gasteiger partial charge in [-0.2, -0.15) is 0 Å². The van der Waals surface area contributed by atoms with Crippen molar-refractivity contribution in [3.63, 3.8) is 0 Å². The molecule has 0 unspecified atom stereocenters. The van der Waals surface area contributed by atoms with Crippen molar-refractivity contribution in [2.45, 2.75) is 13.3 Å². The van der Waals surface area contributed by atoms with Crippen LogP contribution in [-0.2, 0) is 11.2 Å². The molecular weight excluding hydrogens is 336 g/mol. The van der Waals surface area contributed by atoms with Gasteiger partial charge in [0.05, 0.1) is 4.92 Å². The molecule has 26 heavy (non-hydrogen) atoms. The van der Waals surface area contributed by atoms with Crippen LogP contribution >= 0.6 is 0 Å². The van der Waals surface area contributed by atoms with Crippen LogP contribution in [0.5, 0.6) is 0 Å². The van der Waals surface area contributed by atoms with Crippen LogP contribution in [0.15, 0.2) is 42.5 Å². The highest BCUT2D eigenvalue weighted by atomic mass is 16.6. The minimum Gasteiger partial charge on any atom is -0.379 e. The number of hydrogen-bond donors (Lipinski definition) is 3. The lowest BCUT2D eigenvalue weighted by molar-refractivity contribution is -0.384. The molecule has 0 aliphatic carbocycles. The third-order valence-corrected chi connectivity index (χ3v) is 3.69. The van der Waals surface area contributed by atoms with Gasteiger partial charge in [0.2, 0.25) is 5.91 Å². The number of nitrogens with one attached hydrogen (secondary N) is 3. The molecular formula is C18H20N4O4. The van der Waals surface area contributed by atoms with Gasteiger partial charge in [-0.1, -0.05) is 12.1 Å². The molecule has 0 saturated heterocycles. The number of carbonyl (C=O) groups is 2. The summed E-state index contributed by atoms with van der Waals surface area (Å²) in [6.45, 7) is 1.93. The third kappa shape index (κ3) is 5.04. The second kappa shape index (κ2) is 8.61. The van der Waals surface area contributed by atoms with Crippen molar-refractivity contribution in [1.82, 2.24) is 5.32 Å². The van der Waals surface area contributed by atoms with Gasteiger partial charge < -0.3 is 16.0 Å². The Morgan fingerprint density at radius 2 is 1.81 bits per heavy atom. The molecule has 2 amide bonds. The molecule has 2 rings (SSSR count). The molecule has 3 N–H and O–H groups in total. The first kappa shape index (κ1) is 18.9. The number of amides is 2. The van der Waals surface area contributed by atoms with E-state index in [0.717, 1.165) is 11.3 Å². The monoisotopic (exact) mass is 356 g/mol. The molecule has 2 aromatic carbocycles. The predicted molar refractivity (Wildman–Crippen MR) is 99.4 cm³/mol. The van der Waals surface area contributed by atoms with Gasteiger partial charge in [-0.05, 0) is 36.2 Å². The number of nitro groups is 1. The Balaban J connectivity index is 2.01. The summed E-state index contributed by atoms with van der Waals surface area (Å²) in [6, 6.07) is 11.7. The van der Waals surface area contributed by atoms with Gasteiger partial charge in [0.25, 0.3) is 11.6 Å². The molecule has 0 aliphatic rings. The highest BCUT2D eigenvalue weighted by Gasteiger charge is 2.16. The molecule has 0 saturated carbocycles. The zero-order chi connectivity index (χ0) is 19.1. The van der Waals surface area contributed by atoms with E-state index in [0.29, 0.717) is 18.7 Å². The molecule has 8 heteroatoms. The minimum atomic E-state index is -0.517. The summed E-state index contributed by atoms with van der Waals surface area (Å²) in [4.78, 5) is 33.3. The van der Waals surface area contributed by atoms with E-state index in [-0.39, 0.29) is 23.1 Å². The van der Waals surface area contributed by atoms with Crippen LogP contribution in [-0.4, -0.2) is 30.3 Å². The fraction of sp³-hybridized carbons (Fsp3) is 0.222. The van der Waals surface area contributed by atoms with Gasteiger partial charge >= 0.3 is 0 Å². The first-order valence-electron chi connectivity index (χ1n) is 8.01. The second-order valence-electron chi connectivity index (χ2n) is 5.62. The van der Waals surface area contributed by atoms with Crippen LogP contribution in [0.25, 0.3) is 0 Å². The molecule has 0 fully saturated rings. The molecule has 8 nitrogen and oxygen atoms in total. The number of rotatable bonds is 7. The molecule has 136 valence electrons. The summed E-state index contributed by atoms with van der Waals surface area (Å²) in [5, 5.41) is 19.4. The van der Waals surface area contributed by atoms with E-state index in [2.05, 4.69) is 16.0 Å². The number of carbonyl (C=O) groups excluding carboxylic acids is 2. The Kier molecular flexibility index (Phi) is 6.26. The summed E-state index contributed by atoms with van der Waals surface area (Å²) in [7, 11) is 1.47. The number of hydrogen-bond acceptors (Lipinski definition) is 5. The van der Waals surface area contributed by atoms with Crippen molar-refractivity contribution >= 4 is 28.9 Å². The molecule has 0 aliphatic heterocycles. The van der Waals surface area contributed by atoms with Crippen molar-refractivity contribution in [3.05, 3.63) is 63.7 Å². The van der Waals surface area contributed by atoms with Crippen LogP contribution in [0.2, 0.25) is 0 Å². The lowest BCUT2D eigenvalue weighted by atomic mass is 10.1. The molecule has 0 radical (unpaired) electrons. The van der Waals surface area contributed by atoms with E-state index in [9.17, 15) is 19.7 Å². The number of nitro benzene ring substituents is 1. The Bertz CT molecular complexity index is 818. The lowest BCUT2D eigenvalue weighted by Gasteiger charge is -2.09. The topological polar surface area (TPSA) is 113 Å². The Morgan fingerprint density at radius 1 is 1.12 bits per heavy atom. The molecule has 0 spiro atoms. The van der Waals surface area contributed by atoms with Gasteiger partial charge in [-0.15, -0.1) is 0 Å². The molecule has 0 heterocycles. The van der Waals surface area contributed by atoms with Crippen molar-refractivity contribution in [2.24, 2.45) is 0 Å². The van der Waals surface area contributed by atoms with Gasteiger partial charge in [0.15, 0.2) is 0 Å². The maximum atomic E-state index is 11.6. The molecule has 0 aromatic heterocycles. The van der Waals surface area contributed by atoms with Crippen molar-refractivity contribution in [3.8, 4) is 0 Å². The molecule has 0 bridgehead atoms. The van der Waals surface area contributed by atoms with Gasteiger partial charge in [0.1, 0.15) is 5.69 Å². The third-order valence-electron chi connectivity index (χ3n) is 3.69. The smallest absolute Gasteiger partial charge is 0.293 e. The summed E-state index contributed by atoms with van der Waals surface area (Å²) in [5.41, 5.74) is 2.19. The van der Waals surface area contributed by atoms with E-state index in [1.807, 2.05) is 12.1 Å². The average Bonchev–Trinajstić information content (AvgIpc) is 2.62. The van der Waals surface area contributed by atoms with Crippen LogP contribution in [0.3, 0.4) is 0 Å². The van der Waals surface area contributed by atoms with Crippen LogP contribution in [0.1, 0.15) is 22.8 Å². The minimum absolute atomic E-state index is 0.132. The van der Waals surface area contributed by atoms with Crippen LogP contribution in [0, 0.1) is 10.1 Å². The fourth-order valence-electron chi connectivity index (χ4n) is 2.42. The van der Waals surface area contributed by atoms with Gasteiger partial charge in [-0.3, -0.25) is 19.7 Å². The van der Waals surface area contributed by atoms with E-state index < -0.39 is 4.92 Å². The summed E-state index contributed by atoms with van der Waals surface area (Å²) in [5.74, 6) is -0.508. The second-order valence-corrected chi connectivity index (χ2v) is 5.62. The van der Waals surface area contributed by atoms with E-state index in [1.165, 1.54) is 32.2 Å². The highest BCUT2D eigenvalue weighted by Crippen LogP contribution is 2.25. The largest absolute Gasteiger partial charge is 0.379 e. The fourth-order valence-corrected chi connectivity index (χ4v) is 2.42. The standard InChI is InChI=1S/C18H20N4O4/c1-12(23)21-15-6-3-13(4-7-15)9-10-20-16-8-5-14(18(24)19-2)11-17(16)22(25)26/h3-8,11,20H,9-10H2,1-2H3,(H,19,24)(H,21,23). The zero-order valence-corrected chi connectivity index (χ0v) is 14.5. The average molecular weight is 356 g/mol. The number of nitrogens with zero attached hydrogens (tertiary/aromatic N) is 1. The summed E-state index contributed by atoms with van der Waals surface area (Å²) in [6.07, 6.45) is 0.648. The quantitative estimate of drug-likeness (QED) is 0.521. The van der Waals surface area contributed by atoms with Crippen molar-refractivity contribution < 1.29 is 14.5 Å². The Hall–Kier alpha value is -3.42. The predicted octanol–water partition coefficient (Wildman–Crippen LogP) is 2.57. The maximum absolute atomic E-state index is 11.6. The molecule has 0 atom stereocenters. The van der Waals surface area contributed by atoms with Crippen molar-refractivity contribution in [1.29, 1.82) is 0 Å². The van der Waals surface area contributed by atoms with Crippen LogP contribution in [0.4, 0.5) is 17.1 Å². The highest BCUT2D eigenvalue weighted by molar-refractivity contribution is 5.95. The number of anilines is 2. The Labute approximate surface area is 150 Å². The van der Waals surface area contributed by atoms with E-state index >= 15 is 0 Å². The lowest BCUT2D eigenvalue weighted by Crippen LogP contribution is -2.18. The first-order chi connectivity index (χ1) is 12.4. The zero-order valence-electron chi connectivity index (χ0n) is 14.5. The number of benzene rings is 2. The van der Waals surface area contributed by atoms with E-state index in [4.69, 9.17) is 0 Å². The Morgan fingerprint density at radius 3 is 2.38 bits per heavy atom. The SMILES string of the molecule is CNC(=O)c1ccc(NCCc2ccc(NC(C)=O)cc2)c([N+](=O)[O-])c1. The normalized spacial score (nSPS) is 10.1. The summed E-state index contributed by atoms with van der Waals surface area (Å²) < 4.78 is 0. The molecule has 2 aromatic rings.